The van der Waals surface area contributed by atoms with Gasteiger partial charge >= 0.3 is 0 Å². The Bertz CT molecular complexity index is 464. The van der Waals surface area contributed by atoms with Crippen LogP contribution in [0.15, 0.2) is 0 Å². The highest BCUT2D eigenvalue weighted by Crippen LogP contribution is 2.65. The summed E-state index contributed by atoms with van der Waals surface area (Å²) >= 11 is 0. The second-order valence-corrected chi connectivity index (χ2v) is 6.89. The first-order valence-corrected chi connectivity index (χ1v) is 7.31. The molecule has 2 saturated carbocycles. The summed E-state index contributed by atoms with van der Waals surface area (Å²) in [6, 6.07) is 0.184. The van der Waals surface area contributed by atoms with E-state index in [1.165, 1.54) is 6.42 Å². The molecule has 0 aromatic rings. The van der Waals surface area contributed by atoms with Gasteiger partial charge in [-0.25, -0.2) is 0 Å². The van der Waals surface area contributed by atoms with Crippen LogP contribution in [0.5, 0.6) is 0 Å². The number of fused-ring (bicyclic) bond motifs is 2. The molecule has 2 aliphatic rings. The highest BCUT2D eigenvalue weighted by atomic mass is 16.2. The molecule has 2 fully saturated rings. The summed E-state index contributed by atoms with van der Waals surface area (Å²) in [6.07, 6.45) is 8.35. The van der Waals surface area contributed by atoms with Gasteiger partial charge in [-0.15, -0.1) is 6.42 Å². The minimum atomic E-state index is -0.312. The second kappa shape index (κ2) is 5.12. The van der Waals surface area contributed by atoms with Crippen LogP contribution in [0.2, 0.25) is 0 Å². The van der Waals surface area contributed by atoms with Gasteiger partial charge in [0.1, 0.15) is 6.42 Å². The van der Waals surface area contributed by atoms with Crippen LogP contribution in [0.3, 0.4) is 0 Å². The van der Waals surface area contributed by atoms with Crippen LogP contribution >= 0.6 is 0 Å². The first-order valence-electron chi connectivity index (χ1n) is 7.31. The average Bonchev–Trinajstić information content (AvgIpc) is 2.69. The number of nitrogens with one attached hydrogen (secondary N) is 2. The van der Waals surface area contributed by atoms with Crippen molar-refractivity contribution < 1.29 is 9.59 Å². The molecule has 4 heteroatoms. The molecule has 0 aliphatic heterocycles. The second-order valence-electron chi connectivity index (χ2n) is 6.89. The van der Waals surface area contributed by atoms with E-state index in [0.717, 1.165) is 12.8 Å². The van der Waals surface area contributed by atoms with Gasteiger partial charge in [0.05, 0.1) is 6.54 Å². The van der Waals surface area contributed by atoms with Gasteiger partial charge in [-0.2, -0.15) is 0 Å². The number of hydrogen-bond donors (Lipinski definition) is 2. The molecule has 0 spiro atoms. The van der Waals surface area contributed by atoms with Crippen LogP contribution < -0.4 is 10.6 Å². The average molecular weight is 276 g/mol. The molecule has 2 bridgehead atoms. The highest BCUT2D eigenvalue weighted by Gasteiger charge is 2.61. The SMILES string of the molecule is C#CCNC(=O)CC(=O)N[C@H]1C[C@H]2CC[C@@]1(C)C2(C)C. The van der Waals surface area contributed by atoms with Crippen LogP contribution in [0, 0.1) is 29.1 Å². The zero-order valence-corrected chi connectivity index (χ0v) is 12.6. The quantitative estimate of drug-likeness (QED) is 0.603. The fourth-order valence-corrected chi connectivity index (χ4v) is 4.03. The molecule has 0 aromatic carbocycles. The van der Waals surface area contributed by atoms with Crippen molar-refractivity contribution >= 4 is 11.8 Å². The number of carbonyl (C=O) groups is 2. The van der Waals surface area contributed by atoms with Gasteiger partial charge in [0, 0.05) is 6.04 Å². The van der Waals surface area contributed by atoms with Crippen LogP contribution in [-0.4, -0.2) is 24.4 Å². The monoisotopic (exact) mass is 276 g/mol. The summed E-state index contributed by atoms with van der Waals surface area (Å²) < 4.78 is 0. The summed E-state index contributed by atoms with van der Waals surface area (Å²) in [5.41, 5.74) is 0.402. The zero-order valence-electron chi connectivity index (χ0n) is 12.6. The molecule has 0 unspecified atom stereocenters. The molecule has 2 amide bonds. The van der Waals surface area contributed by atoms with Gasteiger partial charge in [0.25, 0.3) is 0 Å². The Balaban J connectivity index is 1.91. The largest absolute Gasteiger partial charge is 0.352 e. The number of hydrogen-bond acceptors (Lipinski definition) is 2. The molecule has 0 heterocycles. The normalized spacial score (nSPS) is 33.5. The lowest BCUT2D eigenvalue weighted by atomic mass is 9.69. The molecular formula is C16H24N2O2. The summed E-state index contributed by atoms with van der Waals surface area (Å²) in [7, 11) is 0. The molecule has 0 saturated heterocycles. The molecule has 110 valence electrons. The molecule has 2 rings (SSSR count). The third-order valence-corrected chi connectivity index (χ3v) is 5.84. The summed E-state index contributed by atoms with van der Waals surface area (Å²) in [6.45, 7) is 7.04. The van der Waals surface area contributed by atoms with E-state index in [1.54, 1.807) is 0 Å². The minimum Gasteiger partial charge on any atom is -0.352 e. The third-order valence-electron chi connectivity index (χ3n) is 5.84. The van der Waals surface area contributed by atoms with E-state index >= 15 is 0 Å². The van der Waals surface area contributed by atoms with Crippen LogP contribution in [0.25, 0.3) is 0 Å². The Morgan fingerprint density at radius 1 is 1.30 bits per heavy atom. The topological polar surface area (TPSA) is 58.2 Å². The summed E-state index contributed by atoms with van der Waals surface area (Å²) in [4.78, 5) is 23.5. The predicted octanol–water partition coefficient (Wildman–Crippen LogP) is 1.46. The fourth-order valence-electron chi connectivity index (χ4n) is 4.03. The van der Waals surface area contributed by atoms with Crippen molar-refractivity contribution in [1.29, 1.82) is 0 Å². The van der Waals surface area contributed by atoms with E-state index in [4.69, 9.17) is 6.42 Å². The summed E-state index contributed by atoms with van der Waals surface area (Å²) in [5.74, 6) is 2.48. The molecule has 3 atom stereocenters. The first kappa shape index (κ1) is 14.9. The number of terminal acetylenes is 1. The lowest BCUT2D eigenvalue weighted by Gasteiger charge is -2.39. The lowest BCUT2D eigenvalue weighted by molar-refractivity contribution is -0.130. The van der Waals surface area contributed by atoms with Crippen LogP contribution in [-0.2, 0) is 9.59 Å². The van der Waals surface area contributed by atoms with Gasteiger partial charge in [-0.1, -0.05) is 26.7 Å². The number of rotatable bonds is 4. The third kappa shape index (κ3) is 2.30. The Labute approximate surface area is 121 Å². The molecule has 0 radical (unpaired) electrons. The van der Waals surface area contributed by atoms with Crippen LogP contribution in [0.4, 0.5) is 0 Å². The van der Waals surface area contributed by atoms with Gasteiger partial charge < -0.3 is 10.6 Å². The fraction of sp³-hybridized carbons (Fsp3) is 0.750. The maximum atomic E-state index is 12.0. The molecule has 20 heavy (non-hydrogen) atoms. The van der Waals surface area contributed by atoms with Crippen LogP contribution in [0.1, 0.15) is 46.5 Å². The van der Waals surface area contributed by atoms with Crippen molar-refractivity contribution in [3.05, 3.63) is 0 Å². The number of amides is 2. The highest BCUT2D eigenvalue weighted by molar-refractivity contribution is 5.97. The standard InChI is InChI=1S/C16H24N2O2/c1-5-8-17-13(19)10-14(20)18-12-9-11-6-7-16(12,4)15(11,2)3/h1,11-12H,6-10H2,2-4H3,(H,17,19)(H,18,20)/t11-,12+,16-/m1/s1. The van der Waals surface area contributed by atoms with Gasteiger partial charge in [-0.05, 0) is 36.0 Å². The van der Waals surface area contributed by atoms with Crippen molar-refractivity contribution in [2.45, 2.75) is 52.5 Å². The van der Waals surface area contributed by atoms with Gasteiger partial charge in [0.15, 0.2) is 0 Å². The maximum Gasteiger partial charge on any atom is 0.230 e. The van der Waals surface area contributed by atoms with E-state index in [-0.39, 0.29) is 41.7 Å². The van der Waals surface area contributed by atoms with Gasteiger partial charge in [-0.3, -0.25) is 9.59 Å². The zero-order chi connectivity index (χ0) is 15.0. The summed E-state index contributed by atoms with van der Waals surface area (Å²) in [5, 5.41) is 5.57. The van der Waals surface area contributed by atoms with Crippen molar-refractivity contribution in [3.8, 4) is 12.3 Å². The van der Waals surface area contributed by atoms with E-state index in [9.17, 15) is 9.59 Å². The molecule has 2 aliphatic carbocycles. The van der Waals surface area contributed by atoms with Crippen molar-refractivity contribution in [2.24, 2.45) is 16.7 Å². The van der Waals surface area contributed by atoms with Crippen molar-refractivity contribution in [2.75, 3.05) is 6.54 Å². The minimum absolute atomic E-state index is 0.140. The van der Waals surface area contributed by atoms with Gasteiger partial charge in [0.2, 0.25) is 11.8 Å². The number of carbonyl (C=O) groups excluding carboxylic acids is 2. The molecule has 2 N–H and O–H groups in total. The van der Waals surface area contributed by atoms with Crippen molar-refractivity contribution in [3.63, 3.8) is 0 Å². The molecular weight excluding hydrogens is 252 g/mol. The smallest absolute Gasteiger partial charge is 0.230 e. The van der Waals surface area contributed by atoms with E-state index in [2.05, 4.69) is 37.3 Å². The Morgan fingerprint density at radius 2 is 2.00 bits per heavy atom. The first-order chi connectivity index (χ1) is 9.31. The Hall–Kier alpha value is -1.50. The molecule has 0 aromatic heterocycles. The predicted molar refractivity (Wildman–Crippen MR) is 77.6 cm³/mol. The van der Waals surface area contributed by atoms with E-state index in [0.29, 0.717) is 5.92 Å². The Kier molecular flexibility index (Phi) is 3.82. The lowest BCUT2D eigenvalue weighted by Crippen LogP contribution is -2.47. The van der Waals surface area contributed by atoms with Crippen molar-refractivity contribution in [1.82, 2.24) is 10.6 Å². The van der Waals surface area contributed by atoms with E-state index < -0.39 is 0 Å². The van der Waals surface area contributed by atoms with E-state index in [1.807, 2.05) is 0 Å². The maximum absolute atomic E-state index is 12.0. The Morgan fingerprint density at radius 3 is 2.50 bits per heavy atom. The molecule has 4 nitrogen and oxygen atoms in total.